The van der Waals surface area contributed by atoms with Crippen molar-refractivity contribution in [2.24, 2.45) is 0 Å². The van der Waals surface area contributed by atoms with Gasteiger partial charge in [-0.2, -0.15) is 5.10 Å². The number of anilines is 1. The van der Waals surface area contributed by atoms with Crippen LogP contribution in [0.1, 0.15) is 38.7 Å². The molecule has 1 amide bonds. The summed E-state index contributed by atoms with van der Waals surface area (Å²) in [6, 6.07) is 15.2. The summed E-state index contributed by atoms with van der Waals surface area (Å²) in [6.45, 7) is 6.38. The number of halogens is 2. The Morgan fingerprint density at radius 3 is 2.61 bits per heavy atom. The van der Waals surface area contributed by atoms with Gasteiger partial charge in [-0.15, -0.1) is 0 Å². The van der Waals surface area contributed by atoms with Crippen LogP contribution < -0.4 is 10.1 Å². The largest absolute Gasteiger partial charge is 0.485 e. The van der Waals surface area contributed by atoms with Gasteiger partial charge in [-0.25, -0.2) is 4.39 Å². The predicted octanol–water partition coefficient (Wildman–Crippen LogP) is 6.07. The molecule has 0 aliphatic rings. The van der Waals surface area contributed by atoms with Gasteiger partial charge >= 0.3 is 0 Å². The number of furan rings is 1. The number of nitrogens with zero attached hydrogens (tertiary/aromatic N) is 2. The fourth-order valence-electron chi connectivity index (χ4n) is 3.47. The summed E-state index contributed by atoms with van der Waals surface area (Å²) in [5.74, 6) is 1.06. The SMILES string of the molecule is Cc1cccc(C)c1OCc1ccc(C(=O)Nc2cc(C)n(Cc3ccc(F)cc3Cl)n2)o1. The first kappa shape index (κ1) is 22.6. The van der Waals surface area contributed by atoms with Gasteiger partial charge in [-0.05, 0) is 61.7 Å². The zero-order valence-corrected chi connectivity index (χ0v) is 19.2. The minimum atomic E-state index is -0.419. The quantitative estimate of drug-likeness (QED) is 0.358. The van der Waals surface area contributed by atoms with E-state index >= 15 is 0 Å². The van der Waals surface area contributed by atoms with Crippen LogP contribution in [0, 0.1) is 26.6 Å². The monoisotopic (exact) mass is 467 g/mol. The number of para-hydroxylation sites is 1. The maximum atomic E-state index is 13.3. The lowest BCUT2D eigenvalue weighted by Gasteiger charge is -2.10. The molecule has 2 aromatic heterocycles. The van der Waals surface area contributed by atoms with E-state index in [0.717, 1.165) is 28.1 Å². The Morgan fingerprint density at radius 2 is 1.88 bits per heavy atom. The lowest BCUT2D eigenvalue weighted by molar-refractivity contribution is 0.0992. The first-order chi connectivity index (χ1) is 15.8. The number of nitrogens with one attached hydrogen (secondary N) is 1. The number of amides is 1. The zero-order valence-electron chi connectivity index (χ0n) is 18.5. The molecular weight excluding hydrogens is 445 g/mol. The highest BCUT2D eigenvalue weighted by atomic mass is 35.5. The van der Waals surface area contributed by atoms with Crippen LogP contribution in [-0.4, -0.2) is 15.7 Å². The molecule has 0 aliphatic carbocycles. The summed E-state index contributed by atoms with van der Waals surface area (Å²) < 4.78 is 26.5. The molecule has 1 N–H and O–H groups in total. The molecule has 0 radical (unpaired) electrons. The average Bonchev–Trinajstić information content (AvgIpc) is 3.36. The van der Waals surface area contributed by atoms with Crippen LogP contribution >= 0.6 is 11.6 Å². The highest BCUT2D eigenvalue weighted by Crippen LogP contribution is 2.24. The van der Waals surface area contributed by atoms with E-state index in [1.54, 1.807) is 28.9 Å². The molecule has 0 saturated carbocycles. The van der Waals surface area contributed by atoms with Crippen molar-refractivity contribution in [2.45, 2.75) is 33.9 Å². The highest BCUT2D eigenvalue weighted by Gasteiger charge is 2.15. The topological polar surface area (TPSA) is 69.3 Å². The van der Waals surface area contributed by atoms with E-state index in [1.807, 2.05) is 39.0 Å². The molecule has 4 aromatic rings. The van der Waals surface area contributed by atoms with Crippen molar-refractivity contribution in [2.75, 3.05) is 5.32 Å². The van der Waals surface area contributed by atoms with Gasteiger partial charge in [0.2, 0.25) is 0 Å². The number of carbonyl (C=O) groups is 1. The van der Waals surface area contributed by atoms with Crippen LogP contribution in [0.5, 0.6) is 5.75 Å². The van der Waals surface area contributed by atoms with Crippen molar-refractivity contribution in [3.05, 3.63) is 99.3 Å². The molecule has 6 nitrogen and oxygen atoms in total. The van der Waals surface area contributed by atoms with E-state index in [1.165, 1.54) is 12.1 Å². The molecule has 0 atom stereocenters. The van der Waals surface area contributed by atoms with Gasteiger partial charge in [0, 0.05) is 16.8 Å². The number of aromatic nitrogens is 2. The van der Waals surface area contributed by atoms with E-state index in [-0.39, 0.29) is 12.4 Å². The number of benzene rings is 2. The summed E-state index contributed by atoms with van der Waals surface area (Å²) in [4.78, 5) is 12.6. The fourth-order valence-corrected chi connectivity index (χ4v) is 3.70. The number of rotatable bonds is 7. The molecule has 2 aromatic carbocycles. The first-order valence-corrected chi connectivity index (χ1v) is 10.8. The van der Waals surface area contributed by atoms with Crippen molar-refractivity contribution in [3.8, 4) is 5.75 Å². The first-order valence-electron chi connectivity index (χ1n) is 10.4. The molecule has 0 fully saturated rings. The van der Waals surface area contributed by atoms with Gasteiger partial charge in [-0.3, -0.25) is 9.48 Å². The highest BCUT2D eigenvalue weighted by molar-refractivity contribution is 6.31. The van der Waals surface area contributed by atoms with E-state index in [9.17, 15) is 9.18 Å². The second kappa shape index (κ2) is 9.50. The maximum Gasteiger partial charge on any atom is 0.292 e. The van der Waals surface area contributed by atoms with Crippen LogP contribution in [0.3, 0.4) is 0 Å². The van der Waals surface area contributed by atoms with Gasteiger partial charge in [0.25, 0.3) is 5.91 Å². The average molecular weight is 468 g/mol. The molecule has 0 unspecified atom stereocenters. The summed E-state index contributed by atoms with van der Waals surface area (Å²) >= 11 is 6.11. The minimum absolute atomic E-state index is 0.156. The standard InChI is InChI=1S/C25H23ClFN3O3/c1-15-5-4-6-16(2)24(15)32-14-20-9-10-22(33-20)25(31)28-23-11-17(3)30(29-23)13-18-7-8-19(27)12-21(18)26/h4-12H,13-14H2,1-3H3,(H,28,29,31). The van der Waals surface area contributed by atoms with Crippen molar-refractivity contribution >= 4 is 23.3 Å². The molecule has 0 aliphatic heterocycles. The van der Waals surface area contributed by atoms with E-state index < -0.39 is 11.7 Å². The lowest BCUT2D eigenvalue weighted by atomic mass is 10.1. The van der Waals surface area contributed by atoms with Gasteiger partial charge in [0.1, 0.15) is 23.9 Å². The smallest absolute Gasteiger partial charge is 0.292 e. The third-order valence-electron chi connectivity index (χ3n) is 5.21. The summed E-state index contributed by atoms with van der Waals surface area (Å²) in [7, 11) is 0. The Morgan fingerprint density at radius 1 is 1.12 bits per heavy atom. The van der Waals surface area contributed by atoms with Crippen LogP contribution in [0.2, 0.25) is 5.02 Å². The van der Waals surface area contributed by atoms with Crippen LogP contribution in [0.4, 0.5) is 10.2 Å². The van der Waals surface area contributed by atoms with Crippen molar-refractivity contribution in [1.82, 2.24) is 9.78 Å². The van der Waals surface area contributed by atoms with E-state index in [2.05, 4.69) is 10.4 Å². The van der Waals surface area contributed by atoms with Crippen molar-refractivity contribution < 1.29 is 18.3 Å². The molecule has 8 heteroatoms. The predicted molar refractivity (Wildman–Crippen MR) is 124 cm³/mol. The van der Waals surface area contributed by atoms with Crippen LogP contribution in [-0.2, 0) is 13.2 Å². The van der Waals surface area contributed by atoms with Crippen LogP contribution in [0.15, 0.2) is 59.0 Å². The molecule has 0 bridgehead atoms. The third kappa shape index (κ3) is 5.26. The Bertz CT molecular complexity index is 1290. The van der Waals surface area contributed by atoms with Crippen molar-refractivity contribution in [1.29, 1.82) is 0 Å². The summed E-state index contributed by atoms with van der Waals surface area (Å²) in [6.07, 6.45) is 0. The number of hydrogen-bond acceptors (Lipinski definition) is 4. The summed E-state index contributed by atoms with van der Waals surface area (Å²) in [5.41, 5.74) is 3.61. The lowest BCUT2D eigenvalue weighted by Crippen LogP contribution is -2.12. The third-order valence-corrected chi connectivity index (χ3v) is 5.56. The van der Waals surface area contributed by atoms with Crippen LogP contribution in [0.25, 0.3) is 0 Å². The van der Waals surface area contributed by atoms with Gasteiger partial charge < -0.3 is 14.5 Å². The van der Waals surface area contributed by atoms with Crippen molar-refractivity contribution in [3.63, 3.8) is 0 Å². The normalized spacial score (nSPS) is 10.9. The Labute approximate surface area is 195 Å². The number of ether oxygens (including phenoxy) is 1. The molecular formula is C25H23ClFN3O3. The van der Waals surface area contributed by atoms with E-state index in [0.29, 0.717) is 23.1 Å². The number of aryl methyl sites for hydroxylation is 3. The molecule has 33 heavy (non-hydrogen) atoms. The molecule has 2 heterocycles. The molecule has 4 rings (SSSR count). The van der Waals surface area contributed by atoms with E-state index in [4.69, 9.17) is 20.8 Å². The fraction of sp³-hybridized carbons (Fsp3) is 0.200. The number of carbonyl (C=O) groups excluding carboxylic acids is 1. The maximum absolute atomic E-state index is 13.3. The second-order valence-corrected chi connectivity index (χ2v) is 8.20. The minimum Gasteiger partial charge on any atom is -0.485 e. The molecule has 170 valence electrons. The van der Waals surface area contributed by atoms with Gasteiger partial charge in [0.15, 0.2) is 11.6 Å². The Hall–Kier alpha value is -3.58. The Balaban J connectivity index is 1.40. The Kier molecular flexibility index (Phi) is 6.51. The van der Waals surface area contributed by atoms with Gasteiger partial charge in [0.05, 0.1) is 6.54 Å². The number of hydrogen-bond donors (Lipinski definition) is 1. The zero-order chi connectivity index (χ0) is 23.5. The molecule has 0 spiro atoms. The summed E-state index contributed by atoms with van der Waals surface area (Å²) in [5, 5.41) is 7.46. The molecule has 0 saturated heterocycles. The second-order valence-electron chi connectivity index (χ2n) is 7.79. The van der Waals surface area contributed by atoms with Gasteiger partial charge in [-0.1, -0.05) is 35.9 Å².